The second-order valence-corrected chi connectivity index (χ2v) is 6.85. The van der Waals surface area contributed by atoms with E-state index in [1.807, 2.05) is 24.3 Å². The highest BCUT2D eigenvalue weighted by atomic mass is 16.5. The van der Waals surface area contributed by atoms with Gasteiger partial charge in [0, 0.05) is 24.7 Å². The van der Waals surface area contributed by atoms with Gasteiger partial charge in [0.1, 0.15) is 18.1 Å². The Morgan fingerprint density at radius 3 is 3.08 bits per heavy atom. The Labute approximate surface area is 150 Å². The number of carbonyl (C=O) groups is 1. The van der Waals surface area contributed by atoms with E-state index in [-0.39, 0.29) is 5.91 Å². The fourth-order valence-corrected chi connectivity index (χ4v) is 3.50. The smallest absolute Gasteiger partial charge is 0.250 e. The van der Waals surface area contributed by atoms with Gasteiger partial charge in [-0.15, -0.1) is 0 Å². The quantitative estimate of drug-likeness (QED) is 0.806. The third-order valence-corrected chi connectivity index (χ3v) is 5.07. The lowest BCUT2D eigenvalue weighted by atomic mass is 10.0. The predicted molar refractivity (Wildman–Crippen MR) is 99.0 cm³/mol. The molecule has 3 rings (SSSR count). The van der Waals surface area contributed by atoms with E-state index in [2.05, 4.69) is 17.1 Å². The fourth-order valence-electron chi connectivity index (χ4n) is 3.50. The van der Waals surface area contributed by atoms with E-state index >= 15 is 0 Å². The topological polar surface area (TPSA) is 50.8 Å². The Kier molecular flexibility index (Phi) is 5.97. The van der Waals surface area contributed by atoms with E-state index < -0.39 is 0 Å². The van der Waals surface area contributed by atoms with Gasteiger partial charge in [0.05, 0.1) is 12.7 Å². The van der Waals surface area contributed by atoms with E-state index in [1.54, 1.807) is 7.11 Å². The first-order chi connectivity index (χ1) is 12.2. The normalized spacial score (nSPS) is 20.2. The molecule has 0 radical (unpaired) electrons. The first-order valence-corrected chi connectivity index (χ1v) is 9.21. The van der Waals surface area contributed by atoms with Crippen molar-refractivity contribution in [2.24, 2.45) is 0 Å². The number of methoxy groups -OCH3 is 1. The number of ether oxygens (including phenoxy) is 2. The van der Waals surface area contributed by atoms with Crippen LogP contribution in [0.25, 0.3) is 6.08 Å². The van der Waals surface area contributed by atoms with E-state index in [1.165, 1.54) is 25.8 Å². The lowest BCUT2D eigenvalue weighted by molar-refractivity contribution is -0.117. The van der Waals surface area contributed by atoms with Crippen molar-refractivity contribution in [1.29, 1.82) is 0 Å². The Hall–Kier alpha value is -2.01. The zero-order valence-electron chi connectivity index (χ0n) is 15.2. The molecule has 1 saturated heterocycles. The zero-order valence-corrected chi connectivity index (χ0v) is 15.2. The van der Waals surface area contributed by atoms with Gasteiger partial charge in [0.15, 0.2) is 0 Å². The number of carbonyl (C=O) groups excluding carboxylic acids is 1. The van der Waals surface area contributed by atoms with Gasteiger partial charge in [-0.05, 0) is 57.0 Å². The number of hydrogen-bond donors (Lipinski definition) is 1. The minimum atomic E-state index is -0.0415. The highest BCUT2D eigenvalue weighted by Crippen LogP contribution is 2.29. The molecule has 1 aromatic rings. The monoisotopic (exact) mass is 344 g/mol. The molecular weight excluding hydrogens is 316 g/mol. The Morgan fingerprint density at radius 2 is 2.28 bits per heavy atom. The average Bonchev–Trinajstić information content (AvgIpc) is 2.65. The number of amides is 1. The van der Waals surface area contributed by atoms with E-state index in [0.29, 0.717) is 24.8 Å². The zero-order chi connectivity index (χ0) is 17.6. The molecular formula is C20H28N2O3. The minimum absolute atomic E-state index is 0.0415. The molecule has 5 heteroatoms. The molecule has 2 heterocycles. The van der Waals surface area contributed by atoms with Gasteiger partial charge in [0.2, 0.25) is 0 Å². The number of fused-ring (bicyclic) bond motifs is 1. The van der Waals surface area contributed by atoms with Crippen molar-refractivity contribution in [3.63, 3.8) is 0 Å². The molecule has 5 nitrogen and oxygen atoms in total. The highest BCUT2D eigenvalue weighted by molar-refractivity contribution is 5.99. The molecule has 1 N–H and O–H groups in total. The number of nitrogens with zero attached hydrogens (tertiary/aromatic N) is 1. The van der Waals surface area contributed by atoms with Crippen LogP contribution in [0.15, 0.2) is 23.8 Å². The number of nitrogens with one attached hydrogen (secondary N) is 1. The third-order valence-electron chi connectivity index (χ3n) is 5.07. The summed E-state index contributed by atoms with van der Waals surface area (Å²) in [5, 5.41) is 3.02. The highest BCUT2D eigenvalue weighted by Gasteiger charge is 2.19. The van der Waals surface area contributed by atoms with Crippen LogP contribution in [0.4, 0.5) is 0 Å². The van der Waals surface area contributed by atoms with Crippen LogP contribution in [0.2, 0.25) is 0 Å². The van der Waals surface area contributed by atoms with Crippen molar-refractivity contribution in [2.45, 2.75) is 38.6 Å². The molecule has 0 aromatic heterocycles. The molecule has 136 valence electrons. The third kappa shape index (κ3) is 4.54. The summed E-state index contributed by atoms with van der Waals surface area (Å²) in [5.41, 5.74) is 1.55. The molecule has 1 atom stereocenters. The Bertz CT molecular complexity index is 642. The van der Waals surface area contributed by atoms with Crippen molar-refractivity contribution in [1.82, 2.24) is 10.2 Å². The number of likely N-dealkylation sites (tertiary alicyclic amines) is 1. The summed E-state index contributed by atoms with van der Waals surface area (Å²) in [6.45, 7) is 5.55. The first kappa shape index (κ1) is 17.8. The van der Waals surface area contributed by atoms with Gasteiger partial charge < -0.3 is 19.7 Å². The van der Waals surface area contributed by atoms with Crippen LogP contribution >= 0.6 is 0 Å². The largest absolute Gasteiger partial charge is 0.497 e. The van der Waals surface area contributed by atoms with Crippen LogP contribution in [-0.2, 0) is 4.79 Å². The van der Waals surface area contributed by atoms with Crippen LogP contribution in [0.3, 0.4) is 0 Å². The van der Waals surface area contributed by atoms with Crippen molar-refractivity contribution in [3.8, 4) is 11.5 Å². The van der Waals surface area contributed by atoms with Gasteiger partial charge in [-0.3, -0.25) is 4.79 Å². The molecule has 0 aliphatic carbocycles. The Morgan fingerprint density at radius 1 is 1.40 bits per heavy atom. The van der Waals surface area contributed by atoms with E-state index in [4.69, 9.17) is 9.47 Å². The molecule has 0 saturated carbocycles. The molecule has 2 aliphatic heterocycles. The van der Waals surface area contributed by atoms with Crippen molar-refractivity contribution in [3.05, 3.63) is 29.3 Å². The molecule has 0 bridgehead atoms. The van der Waals surface area contributed by atoms with Gasteiger partial charge in [-0.1, -0.05) is 6.42 Å². The number of benzene rings is 1. The van der Waals surface area contributed by atoms with E-state index in [9.17, 15) is 4.79 Å². The molecule has 25 heavy (non-hydrogen) atoms. The lowest BCUT2D eigenvalue weighted by Gasteiger charge is -2.33. The summed E-state index contributed by atoms with van der Waals surface area (Å²) in [6.07, 6.45) is 6.80. The minimum Gasteiger partial charge on any atom is -0.497 e. The van der Waals surface area contributed by atoms with Crippen molar-refractivity contribution >= 4 is 12.0 Å². The average molecular weight is 344 g/mol. The summed E-state index contributed by atoms with van der Waals surface area (Å²) in [6, 6.07) is 6.29. The van der Waals surface area contributed by atoms with Gasteiger partial charge >= 0.3 is 0 Å². The lowest BCUT2D eigenvalue weighted by Crippen LogP contribution is -2.39. The van der Waals surface area contributed by atoms with Crippen molar-refractivity contribution in [2.75, 3.05) is 33.4 Å². The van der Waals surface area contributed by atoms with Gasteiger partial charge in [0.25, 0.3) is 5.91 Å². The molecule has 0 unspecified atom stereocenters. The fraction of sp³-hybridized carbons (Fsp3) is 0.550. The molecule has 1 aromatic carbocycles. The number of piperidine rings is 1. The van der Waals surface area contributed by atoms with Gasteiger partial charge in [-0.2, -0.15) is 0 Å². The molecule has 1 fully saturated rings. The molecule has 1 amide bonds. The predicted octanol–water partition coefficient (Wildman–Crippen LogP) is 2.85. The first-order valence-electron chi connectivity index (χ1n) is 9.21. The SMILES string of the molecule is COc1ccc2c(c1)C=C(C(=O)NCCCN1CCCC[C@@H]1C)CO2. The van der Waals surface area contributed by atoms with Gasteiger partial charge in [-0.25, -0.2) is 0 Å². The summed E-state index contributed by atoms with van der Waals surface area (Å²) in [7, 11) is 1.63. The number of rotatable bonds is 6. The Balaban J connectivity index is 1.49. The molecule has 0 spiro atoms. The molecule has 2 aliphatic rings. The van der Waals surface area contributed by atoms with E-state index in [0.717, 1.165) is 30.0 Å². The summed E-state index contributed by atoms with van der Waals surface area (Å²) in [5.74, 6) is 1.51. The van der Waals surface area contributed by atoms with Crippen LogP contribution in [0.1, 0.15) is 38.2 Å². The van der Waals surface area contributed by atoms with Crippen LogP contribution in [-0.4, -0.2) is 50.2 Å². The summed E-state index contributed by atoms with van der Waals surface area (Å²) in [4.78, 5) is 14.9. The van der Waals surface area contributed by atoms with Crippen molar-refractivity contribution < 1.29 is 14.3 Å². The van der Waals surface area contributed by atoms with Crippen LogP contribution in [0.5, 0.6) is 11.5 Å². The van der Waals surface area contributed by atoms with Crippen LogP contribution < -0.4 is 14.8 Å². The summed E-state index contributed by atoms with van der Waals surface area (Å²) >= 11 is 0. The second kappa shape index (κ2) is 8.39. The maximum atomic E-state index is 12.4. The standard InChI is InChI=1S/C20H28N2O3/c1-15-6-3-4-10-22(15)11-5-9-21-20(23)17-12-16-13-18(24-2)7-8-19(16)25-14-17/h7-8,12-13,15H,3-6,9-11,14H2,1-2H3,(H,21,23)/t15-/m0/s1. The number of hydrogen-bond acceptors (Lipinski definition) is 4. The summed E-state index contributed by atoms with van der Waals surface area (Å²) < 4.78 is 10.9. The maximum Gasteiger partial charge on any atom is 0.250 e. The maximum absolute atomic E-state index is 12.4. The van der Waals surface area contributed by atoms with Crippen LogP contribution in [0, 0.1) is 0 Å². The second-order valence-electron chi connectivity index (χ2n) is 6.85.